The van der Waals surface area contributed by atoms with Crippen LogP contribution in [0.25, 0.3) is 10.8 Å². The van der Waals surface area contributed by atoms with Crippen LogP contribution in [0.3, 0.4) is 0 Å². The van der Waals surface area contributed by atoms with Crippen LogP contribution in [0.15, 0.2) is 71.6 Å². The number of hydrogen-bond acceptors (Lipinski definition) is 5. The number of amides is 1. The van der Waals surface area contributed by atoms with Crippen LogP contribution < -0.4 is 10.5 Å². The van der Waals surface area contributed by atoms with Gasteiger partial charge in [-0.25, -0.2) is 8.42 Å². The van der Waals surface area contributed by atoms with E-state index in [9.17, 15) is 13.2 Å². The van der Waals surface area contributed by atoms with Gasteiger partial charge in [-0.05, 0) is 48.0 Å². The standard InChI is InChI=1S/C25H29N5O3S/c1-29-11-13-30(14-12-29)25(31)23(16-18-5-4-8-21(15-18)24(26)27)28-34(32,33)22-10-9-19-6-2-3-7-20(19)17-22/h2-10,15,17,23,28H,11-14,16H2,1H3,(H3,26,27)/t23-/m0/s1. The van der Waals surface area contributed by atoms with E-state index in [-0.39, 0.29) is 23.1 Å². The highest BCUT2D eigenvalue weighted by Gasteiger charge is 2.31. The van der Waals surface area contributed by atoms with Crippen LogP contribution in [-0.4, -0.2) is 69.2 Å². The molecule has 0 bridgehead atoms. The molecule has 0 saturated carbocycles. The number of hydrogen-bond donors (Lipinski definition) is 3. The first-order valence-corrected chi connectivity index (χ1v) is 12.6. The van der Waals surface area contributed by atoms with Gasteiger partial charge in [0.05, 0.1) is 4.90 Å². The van der Waals surface area contributed by atoms with Crippen LogP contribution in [0.5, 0.6) is 0 Å². The molecule has 9 heteroatoms. The van der Waals surface area contributed by atoms with E-state index in [0.717, 1.165) is 29.4 Å². The summed E-state index contributed by atoms with van der Waals surface area (Å²) in [6, 6.07) is 18.5. The third-order valence-electron chi connectivity index (χ3n) is 6.12. The Morgan fingerprint density at radius 3 is 2.41 bits per heavy atom. The molecule has 1 aliphatic rings. The second kappa shape index (κ2) is 9.92. The highest BCUT2D eigenvalue weighted by Crippen LogP contribution is 2.20. The average molecular weight is 480 g/mol. The van der Waals surface area contributed by atoms with Crippen molar-refractivity contribution in [1.29, 1.82) is 5.41 Å². The molecule has 3 aromatic rings. The number of benzene rings is 3. The summed E-state index contributed by atoms with van der Waals surface area (Å²) >= 11 is 0. The molecule has 34 heavy (non-hydrogen) atoms. The molecule has 178 valence electrons. The van der Waals surface area contributed by atoms with E-state index in [1.807, 2.05) is 31.3 Å². The monoisotopic (exact) mass is 479 g/mol. The molecule has 0 spiro atoms. The summed E-state index contributed by atoms with van der Waals surface area (Å²) in [4.78, 5) is 17.4. The molecule has 0 unspecified atom stereocenters. The minimum Gasteiger partial charge on any atom is -0.384 e. The number of nitrogens with one attached hydrogen (secondary N) is 2. The molecule has 0 radical (unpaired) electrons. The molecular formula is C25H29N5O3S. The molecule has 0 aliphatic carbocycles. The summed E-state index contributed by atoms with van der Waals surface area (Å²) in [6.07, 6.45) is 0.152. The maximum Gasteiger partial charge on any atom is 0.241 e. The first-order chi connectivity index (χ1) is 16.2. The van der Waals surface area contributed by atoms with E-state index >= 15 is 0 Å². The smallest absolute Gasteiger partial charge is 0.241 e. The van der Waals surface area contributed by atoms with Gasteiger partial charge >= 0.3 is 0 Å². The molecule has 4 N–H and O–H groups in total. The number of piperazine rings is 1. The Kier molecular flexibility index (Phi) is 6.97. The molecule has 8 nitrogen and oxygen atoms in total. The number of likely N-dealkylation sites (N-methyl/N-ethyl adjacent to an activating group) is 1. The van der Waals surface area contributed by atoms with Crippen molar-refractivity contribution in [1.82, 2.24) is 14.5 Å². The van der Waals surface area contributed by atoms with Crippen molar-refractivity contribution in [2.24, 2.45) is 5.73 Å². The van der Waals surface area contributed by atoms with Crippen molar-refractivity contribution in [3.05, 3.63) is 77.9 Å². The normalized spacial score (nSPS) is 15.9. The second-order valence-corrected chi connectivity index (χ2v) is 10.3. The molecule has 4 rings (SSSR count). The summed E-state index contributed by atoms with van der Waals surface area (Å²) in [5.41, 5.74) is 6.87. The van der Waals surface area contributed by atoms with Crippen molar-refractivity contribution < 1.29 is 13.2 Å². The summed E-state index contributed by atoms with van der Waals surface area (Å²) < 4.78 is 29.4. The third-order valence-corrected chi connectivity index (χ3v) is 7.59. The van der Waals surface area contributed by atoms with Gasteiger partial charge in [0.25, 0.3) is 0 Å². The SMILES string of the molecule is CN1CCN(C(=O)[C@H](Cc2cccc(C(=N)N)c2)NS(=O)(=O)c2ccc3ccccc3c2)CC1. The van der Waals surface area contributed by atoms with E-state index in [4.69, 9.17) is 11.1 Å². The van der Waals surface area contributed by atoms with Crippen LogP contribution in [0, 0.1) is 5.41 Å². The summed E-state index contributed by atoms with van der Waals surface area (Å²) in [6.45, 7) is 2.54. The zero-order valence-electron chi connectivity index (χ0n) is 19.1. The van der Waals surface area contributed by atoms with Gasteiger partial charge in [0, 0.05) is 31.7 Å². The second-order valence-electron chi connectivity index (χ2n) is 8.63. The minimum absolute atomic E-state index is 0.0828. The van der Waals surface area contributed by atoms with Crippen LogP contribution in [-0.2, 0) is 21.2 Å². The van der Waals surface area contributed by atoms with E-state index in [2.05, 4.69) is 9.62 Å². The molecule has 1 fully saturated rings. The maximum atomic E-state index is 13.5. The predicted octanol–water partition coefficient (Wildman–Crippen LogP) is 1.79. The number of amidine groups is 1. The number of nitrogen functional groups attached to an aromatic ring is 1. The Bertz CT molecular complexity index is 1320. The fourth-order valence-electron chi connectivity index (χ4n) is 4.12. The van der Waals surface area contributed by atoms with Crippen molar-refractivity contribution in [3.8, 4) is 0 Å². The van der Waals surface area contributed by atoms with E-state index in [1.165, 1.54) is 0 Å². The number of carbonyl (C=O) groups is 1. The number of fused-ring (bicyclic) bond motifs is 1. The molecule has 1 heterocycles. The fourth-order valence-corrected chi connectivity index (χ4v) is 5.34. The highest BCUT2D eigenvalue weighted by molar-refractivity contribution is 7.89. The van der Waals surface area contributed by atoms with E-state index < -0.39 is 16.1 Å². The first kappa shape index (κ1) is 23.9. The number of nitrogens with two attached hydrogens (primary N) is 1. The molecule has 1 aliphatic heterocycles. The summed E-state index contributed by atoms with van der Waals surface area (Å²) in [5.74, 6) is -0.341. The first-order valence-electron chi connectivity index (χ1n) is 11.1. The van der Waals surface area contributed by atoms with Gasteiger partial charge in [0.2, 0.25) is 15.9 Å². The lowest BCUT2D eigenvalue weighted by molar-refractivity contribution is -0.134. The van der Waals surface area contributed by atoms with Gasteiger partial charge in [0.1, 0.15) is 11.9 Å². The Hall–Kier alpha value is -3.27. The average Bonchev–Trinajstić information content (AvgIpc) is 2.83. The zero-order valence-corrected chi connectivity index (χ0v) is 19.9. The van der Waals surface area contributed by atoms with Crippen molar-refractivity contribution in [2.75, 3.05) is 33.2 Å². The van der Waals surface area contributed by atoms with Gasteiger partial charge in [-0.3, -0.25) is 10.2 Å². The van der Waals surface area contributed by atoms with Crippen molar-refractivity contribution in [2.45, 2.75) is 17.4 Å². The molecule has 3 aromatic carbocycles. The van der Waals surface area contributed by atoms with Crippen LogP contribution >= 0.6 is 0 Å². The number of nitrogens with zero attached hydrogens (tertiary/aromatic N) is 2. The largest absolute Gasteiger partial charge is 0.384 e. The third kappa shape index (κ3) is 5.44. The number of rotatable bonds is 7. The Morgan fingerprint density at radius 1 is 1.00 bits per heavy atom. The quantitative estimate of drug-likeness (QED) is 0.353. The highest BCUT2D eigenvalue weighted by atomic mass is 32.2. The molecule has 1 saturated heterocycles. The molecular weight excluding hydrogens is 450 g/mol. The summed E-state index contributed by atoms with van der Waals surface area (Å²) in [5, 5.41) is 9.43. The topological polar surface area (TPSA) is 120 Å². The van der Waals surface area contributed by atoms with Crippen LogP contribution in [0.2, 0.25) is 0 Å². The van der Waals surface area contributed by atoms with Crippen LogP contribution in [0.1, 0.15) is 11.1 Å². The van der Waals surface area contributed by atoms with E-state index in [1.54, 1.807) is 47.4 Å². The summed E-state index contributed by atoms with van der Waals surface area (Å²) in [7, 11) is -1.97. The molecule has 1 atom stereocenters. The van der Waals surface area contributed by atoms with Crippen molar-refractivity contribution >= 4 is 32.5 Å². The predicted molar refractivity (Wildman–Crippen MR) is 133 cm³/mol. The lowest BCUT2D eigenvalue weighted by Crippen LogP contribution is -2.54. The zero-order chi connectivity index (χ0) is 24.3. The molecule has 0 aromatic heterocycles. The molecule has 1 amide bonds. The lowest BCUT2D eigenvalue weighted by Gasteiger charge is -2.34. The maximum absolute atomic E-state index is 13.5. The van der Waals surface area contributed by atoms with Crippen molar-refractivity contribution in [3.63, 3.8) is 0 Å². The van der Waals surface area contributed by atoms with Gasteiger partial charge < -0.3 is 15.5 Å². The van der Waals surface area contributed by atoms with Gasteiger partial charge in [0.15, 0.2) is 0 Å². The van der Waals surface area contributed by atoms with Crippen LogP contribution in [0.4, 0.5) is 0 Å². The Morgan fingerprint density at radius 2 is 1.71 bits per heavy atom. The van der Waals surface area contributed by atoms with Gasteiger partial charge in [-0.1, -0.05) is 48.5 Å². The number of carbonyl (C=O) groups excluding carboxylic acids is 1. The van der Waals surface area contributed by atoms with Gasteiger partial charge in [-0.15, -0.1) is 0 Å². The number of sulfonamides is 1. The Labute approximate surface area is 199 Å². The Balaban J connectivity index is 1.64. The lowest BCUT2D eigenvalue weighted by atomic mass is 10.0. The van der Waals surface area contributed by atoms with E-state index in [0.29, 0.717) is 18.7 Å². The van der Waals surface area contributed by atoms with Gasteiger partial charge in [-0.2, -0.15) is 4.72 Å². The fraction of sp³-hybridized carbons (Fsp3) is 0.280. The minimum atomic E-state index is -3.97.